The Kier molecular flexibility index (Phi) is 4.05. The van der Waals surface area contributed by atoms with E-state index < -0.39 is 0 Å². The van der Waals surface area contributed by atoms with Gasteiger partial charge in [-0.25, -0.2) is 0 Å². The lowest BCUT2D eigenvalue weighted by molar-refractivity contribution is 0.0291. The summed E-state index contributed by atoms with van der Waals surface area (Å²) < 4.78 is 2.28. The molecule has 1 aliphatic rings. The van der Waals surface area contributed by atoms with Crippen LogP contribution in [0.2, 0.25) is 0 Å². The quantitative estimate of drug-likeness (QED) is 0.940. The molecule has 3 rings (SSSR count). The standard InChI is InChI=1S/C18H26N2O/c1-4-20-10-9-18(21)14(12-20)11-16-13(2)19(3)17-8-6-5-7-15(16)17/h5-8,14,18,21H,4,9-12H2,1-3H3. The Morgan fingerprint density at radius 3 is 2.81 bits per heavy atom. The number of benzene rings is 1. The van der Waals surface area contributed by atoms with Crippen LogP contribution in [0.5, 0.6) is 0 Å². The maximum atomic E-state index is 10.4. The summed E-state index contributed by atoms with van der Waals surface area (Å²) in [6.45, 7) is 7.53. The minimum Gasteiger partial charge on any atom is -0.393 e. The lowest BCUT2D eigenvalue weighted by atomic mass is 9.88. The van der Waals surface area contributed by atoms with Crippen LogP contribution in [0.1, 0.15) is 24.6 Å². The van der Waals surface area contributed by atoms with E-state index in [4.69, 9.17) is 0 Å². The number of nitrogens with zero attached hydrogens (tertiary/aromatic N) is 2. The summed E-state index contributed by atoms with van der Waals surface area (Å²) in [5.74, 6) is 0.350. The highest BCUT2D eigenvalue weighted by Crippen LogP contribution is 2.29. The van der Waals surface area contributed by atoms with Gasteiger partial charge in [0.1, 0.15) is 0 Å². The van der Waals surface area contributed by atoms with Crippen molar-refractivity contribution in [3.05, 3.63) is 35.5 Å². The van der Waals surface area contributed by atoms with Crippen LogP contribution < -0.4 is 0 Å². The van der Waals surface area contributed by atoms with Crippen molar-refractivity contribution in [2.45, 2.75) is 32.8 Å². The van der Waals surface area contributed by atoms with E-state index in [0.29, 0.717) is 5.92 Å². The number of likely N-dealkylation sites (tertiary alicyclic amines) is 1. The number of aliphatic hydroxyl groups is 1. The topological polar surface area (TPSA) is 28.4 Å². The van der Waals surface area contributed by atoms with Crippen LogP contribution in [-0.2, 0) is 13.5 Å². The van der Waals surface area contributed by atoms with Gasteiger partial charge in [0.05, 0.1) is 6.10 Å². The Labute approximate surface area is 127 Å². The first-order chi connectivity index (χ1) is 10.1. The van der Waals surface area contributed by atoms with Crippen molar-refractivity contribution in [1.29, 1.82) is 0 Å². The second-order valence-corrected chi connectivity index (χ2v) is 6.35. The number of hydrogen-bond donors (Lipinski definition) is 1. The number of hydrogen-bond acceptors (Lipinski definition) is 2. The first kappa shape index (κ1) is 14.6. The van der Waals surface area contributed by atoms with E-state index in [2.05, 4.69) is 54.6 Å². The maximum absolute atomic E-state index is 10.4. The van der Waals surface area contributed by atoms with Gasteiger partial charge in [-0.2, -0.15) is 0 Å². The zero-order valence-electron chi connectivity index (χ0n) is 13.3. The second kappa shape index (κ2) is 5.82. The molecule has 2 heterocycles. The van der Waals surface area contributed by atoms with Gasteiger partial charge in [0.25, 0.3) is 0 Å². The van der Waals surface area contributed by atoms with E-state index >= 15 is 0 Å². The Hall–Kier alpha value is -1.32. The molecule has 3 nitrogen and oxygen atoms in total. The van der Waals surface area contributed by atoms with Gasteiger partial charge in [0, 0.05) is 42.7 Å². The molecule has 1 aliphatic heterocycles. The first-order valence-electron chi connectivity index (χ1n) is 8.05. The summed E-state index contributed by atoms with van der Waals surface area (Å²) in [5, 5.41) is 11.7. The van der Waals surface area contributed by atoms with Crippen LogP contribution in [0.15, 0.2) is 24.3 Å². The number of rotatable bonds is 3. The molecule has 0 aliphatic carbocycles. The second-order valence-electron chi connectivity index (χ2n) is 6.35. The molecule has 1 aromatic carbocycles. The fourth-order valence-corrected chi connectivity index (χ4v) is 3.70. The average molecular weight is 286 g/mol. The summed E-state index contributed by atoms with van der Waals surface area (Å²) >= 11 is 0. The number of fused-ring (bicyclic) bond motifs is 1. The smallest absolute Gasteiger partial charge is 0.0596 e. The number of aromatic nitrogens is 1. The molecule has 1 aromatic heterocycles. The summed E-state index contributed by atoms with van der Waals surface area (Å²) in [6, 6.07) is 8.60. The van der Waals surface area contributed by atoms with Crippen LogP contribution in [0.25, 0.3) is 10.9 Å². The van der Waals surface area contributed by atoms with Crippen LogP contribution in [0.3, 0.4) is 0 Å². The van der Waals surface area contributed by atoms with Gasteiger partial charge in [-0.15, -0.1) is 0 Å². The molecule has 2 aromatic rings. The third kappa shape index (κ3) is 2.60. The summed E-state index contributed by atoms with van der Waals surface area (Å²) in [4.78, 5) is 2.46. The van der Waals surface area contributed by atoms with Crippen LogP contribution in [0.4, 0.5) is 0 Å². The minimum atomic E-state index is -0.161. The SMILES string of the molecule is CCN1CCC(O)C(Cc2c(C)n(C)c3ccccc23)C1. The number of aliphatic hydroxyl groups excluding tert-OH is 1. The molecule has 0 spiro atoms. The van der Waals surface area contributed by atoms with E-state index in [-0.39, 0.29) is 6.10 Å². The Morgan fingerprint density at radius 2 is 2.05 bits per heavy atom. The number of para-hydroxylation sites is 1. The third-order valence-electron chi connectivity index (χ3n) is 5.22. The lowest BCUT2D eigenvalue weighted by Crippen LogP contribution is -2.43. The van der Waals surface area contributed by atoms with E-state index in [1.165, 1.54) is 22.2 Å². The van der Waals surface area contributed by atoms with Gasteiger partial charge < -0.3 is 14.6 Å². The molecule has 2 atom stereocenters. The number of aryl methyl sites for hydroxylation is 1. The average Bonchev–Trinajstić information content (AvgIpc) is 2.75. The van der Waals surface area contributed by atoms with Crippen LogP contribution in [-0.4, -0.2) is 40.3 Å². The number of piperidine rings is 1. The van der Waals surface area contributed by atoms with Gasteiger partial charge in [-0.1, -0.05) is 25.1 Å². The van der Waals surface area contributed by atoms with Crippen LogP contribution in [0, 0.1) is 12.8 Å². The van der Waals surface area contributed by atoms with E-state index in [9.17, 15) is 5.11 Å². The van der Waals surface area contributed by atoms with Crippen molar-refractivity contribution in [2.75, 3.05) is 19.6 Å². The molecule has 114 valence electrons. The van der Waals surface area contributed by atoms with Gasteiger partial charge in [0.15, 0.2) is 0 Å². The summed E-state index contributed by atoms with van der Waals surface area (Å²) in [7, 11) is 2.14. The van der Waals surface area contributed by atoms with Gasteiger partial charge in [-0.3, -0.25) is 0 Å². The largest absolute Gasteiger partial charge is 0.393 e. The highest BCUT2D eigenvalue weighted by molar-refractivity contribution is 5.85. The molecule has 0 bridgehead atoms. The third-order valence-corrected chi connectivity index (χ3v) is 5.22. The Morgan fingerprint density at radius 1 is 1.29 bits per heavy atom. The zero-order valence-corrected chi connectivity index (χ0v) is 13.3. The van der Waals surface area contributed by atoms with Crippen molar-refractivity contribution in [3.63, 3.8) is 0 Å². The van der Waals surface area contributed by atoms with Crippen molar-refractivity contribution < 1.29 is 5.11 Å². The van der Waals surface area contributed by atoms with Crippen molar-refractivity contribution >= 4 is 10.9 Å². The van der Waals surface area contributed by atoms with Gasteiger partial charge in [0.2, 0.25) is 0 Å². The molecular weight excluding hydrogens is 260 g/mol. The molecule has 21 heavy (non-hydrogen) atoms. The molecule has 0 radical (unpaired) electrons. The molecule has 1 fully saturated rings. The first-order valence-corrected chi connectivity index (χ1v) is 8.05. The van der Waals surface area contributed by atoms with Crippen molar-refractivity contribution in [3.8, 4) is 0 Å². The highest BCUT2D eigenvalue weighted by atomic mass is 16.3. The van der Waals surface area contributed by atoms with E-state index in [0.717, 1.165) is 32.5 Å². The van der Waals surface area contributed by atoms with Crippen molar-refractivity contribution in [2.24, 2.45) is 13.0 Å². The van der Waals surface area contributed by atoms with E-state index in [1.54, 1.807) is 0 Å². The predicted octanol–water partition coefficient (Wildman–Crippen LogP) is 2.73. The fourth-order valence-electron chi connectivity index (χ4n) is 3.70. The Balaban J connectivity index is 1.92. The normalized spacial score (nSPS) is 23.8. The summed E-state index contributed by atoms with van der Waals surface area (Å²) in [5.41, 5.74) is 4.04. The Bertz CT molecular complexity index is 631. The molecular formula is C18H26N2O. The lowest BCUT2D eigenvalue weighted by Gasteiger charge is -2.35. The molecule has 1 saturated heterocycles. The minimum absolute atomic E-state index is 0.161. The molecule has 2 unspecified atom stereocenters. The zero-order chi connectivity index (χ0) is 15.0. The van der Waals surface area contributed by atoms with E-state index in [1.807, 2.05) is 0 Å². The maximum Gasteiger partial charge on any atom is 0.0596 e. The van der Waals surface area contributed by atoms with Crippen molar-refractivity contribution in [1.82, 2.24) is 9.47 Å². The highest BCUT2D eigenvalue weighted by Gasteiger charge is 2.28. The predicted molar refractivity (Wildman–Crippen MR) is 87.6 cm³/mol. The van der Waals surface area contributed by atoms with Gasteiger partial charge >= 0.3 is 0 Å². The van der Waals surface area contributed by atoms with Gasteiger partial charge in [-0.05, 0) is 37.9 Å². The van der Waals surface area contributed by atoms with Crippen LogP contribution >= 0.6 is 0 Å². The molecule has 0 saturated carbocycles. The fraction of sp³-hybridized carbons (Fsp3) is 0.556. The molecule has 3 heteroatoms. The summed E-state index contributed by atoms with van der Waals surface area (Å²) in [6.07, 6.45) is 1.72. The molecule has 1 N–H and O–H groups in total. The monoisotopic (exact) mass is 286 g/mol. The molecule has 0 amide bonds.